The summed E-state index contributed by atoms with van der Waals surface area (Å²) in [5.74, 6) is 0. The minimum Gasteiger partial charge on any atom is -0.0622 e. The summed E-state index contributed by atoms with van der Waals surface area (Å²) >= 11 is 0. The van der Waals surface area contributed by atoms with Gasteiger partial charge in [0, 0.05) is 10.8 Å². The summed E-state index contributed by atoms with van der Waals surface area (Å²) in [6.07, 6.45) is 2.28. The Morgan fingerprint density at radius 3 is 1.00 bits per heavy atom. The molecule has 30 heavy (non-hydrogen) atoms. The zero-order valence-electron chi connectivity index (χ0n) is 17.8. The van der Waals surface area contributed by atoms with Crippen LogP contribution in [0.25, 0.3) is 0 Å². The van der Waals surface area contributed by atoms with Crippen molar-refractivity contribution >= 4 is 0 Å². The van der Waals surface area contributed by atoms with Gasteiger partial charge >= 0.3 is 0 Å². The predicted molar refractivity (Wildman–Crippen MR) is 126 cm³/mol. The first-order valence-corrected chi connectivity index (χ1v) is 10.9. The standard InChI is InChI=1S/C30H28/c1-23-13-17-27(18-14-23)29(25-9-5-3-6-10-25)21-22-30(29,26-11-7-4-8-12-26)28-19-15-24(2)16-20-28/h3-20H,21-22H2,1-2H3. The van der Waals surface area contributed by atoms with Gasteiger partial charge < -0.3 is 0 Å². The highest BCUT2D eigenvalue weighted by molar-refractivity contribution is 5.59. The van der Waals surface area contributed by atoms with Crippen LogP contribution in [0, 0.1) is 13.8 Å². The van der Waals surface area contributed by atoms with Crippen molar-refractivity contribution in [1.29, 1.82) is 0 Å². The topological polar surface area (TPSA) is 0 Å². The zero-order valence-corrected chi connectivity index (χ0v) is 17.8. The van der Waals surface area contributed by atoms with Crippen molar-refractivity contribution < 1.29 is 0 Å². The smallest absolute Gasteiger partial charge is 0.0340 e. The largest absolute Gasteiger partial charge is 0.0622 e. The van der Waals surface area contributed by atoms with Gasteiger partial charge in [0.05, 0.1) is 0 Å². The second kappa shape index (κ2) is 7.29. The second-order valence-electron chi connectivity index (χ2n) is 8.77. The van der Waals surface area contributed by atoms with Crippen LogP contribution < -0.4 is 0 Å². The molecule has 1 fully saturated rings. The van der Waals surface area contributed by atoms with E-state index < -0.39 is 0 Å². The number of hydrogen-bond donors (Lipinski definition) is 0. The molecule has 0 aromatic heterocycles. The average Bonchev–Trinajstić information content (AvgIpc) is 2.78. The highest BCUT2D eigenvalue weighted by Gasteiger charge is 2.62. The molecule has 0 radical (unpaired) electrons. The molecule has 1 aliphatic carbocycles. The lowest BCUT2D eigenvalue weighted by molar-refractivity contribution is 0.151. The van der Waals surface area contributed by atoms with Crippen molar-refractivity contribution in [2.24, 2.45) is 0 Å². The van der Waals surface area contributed by atoms with Gasteiger partial charge in [0.15, 0.2) is 0 Å². The SMILES string of the molecule is Cc1ccc(C2(c3ccccc3)CCC2(c2ccccc2)c2ccc(C)cc2)cc1. The van der Waals surface area contributed by atoms with E-state index in [2.05, 4.69) is 123 Å². The highest BCUT2D eigenvalue weighted by Crippen LogP contribution is 2.65. The quantitative estimate of drug-likeness (QED) is 0.342. The Morgan fingerprint density at radius 1 is 0.400 bits per heavy atom. The zero-order chi connectivity index (χ0) is 20.6. The molecule has 0 aliphatic heterocycles. The molecule has 2 atom stereocenters. The molecule has 5 rings (SSSR count). The number of hydrogen-bond acceptors (Lipinski definition) is 0. The fourth-order valence-corrected chi connectivity index (χ4v) is 5.64. The summed E-state index contributed by atoms with van der Waals surface area (Å²) in [4.78, 5) is 0. The van der Waals surface area contributed by atoms with Crippen LogP contribution in [0.5, 0.6) is 0 Å². The van der Waals surface area contributed by atoms with E-state index in [9.17, 15) is 0 Å². The van der Waals surface area contributed by atoms with Crippen molar-refractivity contribution in [3.8, 4) is 0 Å². The molecule has 148 valence electrons. The van der Waals surface area contributed by atoms with Gasteiger partial charge in [-0.3, -0.25) is 0 Å². The Morgan fingerprint density at radius 2 is 0.700 bits per heavy atom. The summed E-state index contributed by atoms with van der Waals surface area (Å²) in [5.41, 5.74) is 8.08. The lowest BCUT2D eigenvalue weighted by Gasteiger charge is -2.61. The minimum absolute atomic E-state index is 0.0848. The molecule has 2 unspecified atom stereocenters. The lowest BCUT2D eigenvalue weighted by atomic mass is 9.40. The van der Waals surface area contributed by atoms with Gasteiger partial charge in [-0.05, 0) is 48.9 Å². The van der Waals surface area contributed by atoms with Crippen LogP contribution >= 0.6 is 0 Å². The molecule has 0 bridgehead atoms. The molecule has 0 heterocycles. The summed E-state index contributed by atoms with van der Waals surface area (Å²) in [7, 11) is 0. The molecule has 0 spiro atoms. The third kappa shape index (κ3) is 2.67. The van der Waals surface area contributed by atoms with Gasteiger partial charge in [0.1, 0.15) is 0 Å². The first-order chi connectivity index (χ1) is 14.7. The van der Waals surface area contributed by atoms with Crippen LogP contribution in [-0.4, -0.2) is 0 Å². The van der Waals surface area contributed by atoms with E-state index in [1.54, 1.807) is 0 Å². The van der Waals surface area contributed by atoms with Gasteiger partial charge in [-0.1, -0.05) is 120 Å². The summed E-state index contributed by atoms with van der Waals surface area (Å²) in [6.45, 7) is 4.34. The van der Waals surface area contributed by atoms with Gasteiger partial charge in [-0.15, -0.1) is 0 Å². The second-order valence-corrected chi connectivity index (χ2v) is 8.77. The average molecular weight is 389 g/mol. The molecule has 0 saturated heterocycles. The molecule has 1 saturated carbocycles. The lowest BCUT2D eigenvalue weighted by Crippen LogP contribution is -2.59. The van der Waals surface area contributed by atoms with Crippen molar-refractivity contribution in [2.75, 3.05) is 0 Å². The van der Waals surface area contributed by atoms with Crippen LogP contribution in [0.3, 0.4) is 0 Å². The number of aryl methyl sites for hydroxylation is 2. The van der Waals surface area contributed by atoms with Gasteiger partial charge in [-0.25, -0.2) is 0 Å². The van der Waals surface area contributed by atoms with Crippen molar-refractivity contribution in [2.45, 2.75) is 37.5 Å². The Labute approximate surface area is 180 Å². The third-order valence-electron chi connectivity index (χ3n) is 7.23. The first kappa shape index (κ1) is 18.9. The molecular weight excluding hydrogens is 360 g/mol. The van der Waals surface area contributed by atoms with Crippen LogP contribution in [-0.2, 0) is 10.8 Å². The molecule has 0 heteroatoms. The molecule has 1 aliphatic rings. The first-order valence-electron chi connectivity index (χ1n) is 10.9. The normalized spacial score (nSPS) is 23.0. The van der Waals surface area contributed by atoms with Gasteiger partial charge in [0.2, 0.25) is 0 Å². The van der Waals surface area contributed by atoms with Crippen molar-refractivity contribution in [1.82, 2.24) is 0 Å². The number of benzene rings is 4. The maximum Gasteiger partial charge on any atom is 0.0340 e. The monoisotopic (exact) mass is 388 g/mol. The Hall–Kier alpha value is -3.12. The van der Waals surface area contributed by atoms with E-state index >= 15 is 0 Å². The Bertz CT molecular complexity index is 1030. The van der Waals surface area contributed by atoms with Crippen molar-refractivity contribution in [3.63, 3.8) is 0 Å². The summed E-state index contributed by atoms with van der Waals surface area (Å²) in [6, 6.07) is 40.8. The highest BCUT2D eigenvalue weighted by atomic mass is 14.6. The van der Waals surface area contributed by atoms with Crippen molar-refractivity contribution in [3.05, 3.63) is 143 Å². The molecular formula is C30H28. The molecule has 0 N–H and O–H groups in total. The fraction of sp³-hybridized carbons (Fsp3) is 0.200. The van der Waals surface area contributed by atoms with E-state index in [0.717, 1.165) is 12.8 Å². The van der Waals surface area contributed by atoms with E-state index in [0.29, 0.717) is 0 Å². The van der Waals surface area contributed by atoms with E-state index in [1.807, 2.05) is 0 Å². The van der Waals surface area contributed by atoms with Crippen LogP contribution in [0.15, 0.2) is 109 Å². The maximum atomic E-state index is 2.35. The molecule has 0 amide bonds. The third-order valence-corrected chi connectivity index (χ3v) is 7.23. The molecule has 4 aromatic rings. The van der Waals surface area contributed by atoms with E-state index in [1.165, 1.54) is 33.4 Å². The Balaban J connectivity index is 1.85. The predicted octanol–water partition coefficient (Wildman–Crippen LogP) is 7.37. The van der Waals surface area contributed by atoms with Gasteiger partial charge in [0.25, 0.3) is 0 Å². The number of rotatable bonds is 4. The fourth-order valence-electron chi connectivity index (χ4n) is 5.64. The van der Waals surface area contributed by atoms with Crippen LogP contribution in [0.4, 0.5) is 0 Å². The Kier molecular flexibility index (Phi) is 4.59. The van der Waals surface area contributed by atoms with Gasteiger partial charge in [-0.2, -0.15) is 0 Å². The van der Waals surface area contributed by atoms with Crippen LogP contribution in [0.1, 0.15) is 46.2 Å². The van der Waals surface area contributed by atoms with Crippen LogP contribution in [0.2, 0.25) is 0 Å². The molecule has 4 aromatic carbocycles. The summed E-state index contributed by atoms with van der Waals surface area (Å²) in [5, 5.41) is 0. The van der Waals surface area contributed by atoms with E-state index in [-0.39, 0.29) is 10.8 Å². The summed E-state index contributed by atoms with van der Waals surface area (Å²) < 4.78 is 0. The maximum absolute atomic E-state index is 2.35. The van der Waals surface area contributed by atoms with E-state index in [4.69, 9.17) is 0 Å². The minimum atomic E-state index is -0.0848. The molecule has 0 nitrogen and oxygen atoms in total.